The largest absolute Gasteiger partial charge is 0.388 e. The summed E-state index contributed by atoms with van der Waals surface area (Å²) in [6, 6.07) is 5.21. The fraction of sp³-hybridized carbons (Fsp3) is 0.467. The van der Waals surface area contributed by atoms with Crippen LogP contribution in [0.2, 0.25) is 5.02 Å². The lowest BCUT2D eigenvalue weighted by atomic mass is 9.91. The maximum absolute atomic E-state index is 12.5. The molecular formula is C15H18ClN3O2. The van der Waals surface area contributed by atoms with Gasteiger partial charge in [0.05, 0.1) is 34.4 Å². The van der Waals surface area contributed by atoms with Crippen LogP contribution >= 0.6 is 11.6 Å². The number of nitrogens with zero attached hydrogens (tertiary/aromatic N) is 3. The van der Waals surface area contributed by atoms with Crippen LogP contribution in [0.15, 0.2) is 29.3 Å². The predicted octanol–water partition coefficient (Wildman–Crippen LogP) is 1.51. The third-order valence-electron chi connectivity index (χ3n) is 4.18. The maximum Gasteiger partial charge on any atom is 0.262 e. The second-order valence-electron chi connectivity index (χ2n) is 5.84. The molecule has 21 heavy (non-hydrogen) atoms. The predicted molar refractivity (Wildman–Crippen MR) is 82.7 cm³/mol. The first kappa shape index (κ1) is 14.5. The quantitative estimate of drug-likeness (QED) is 0.913. The van der Waals surface area contributed by atoms with Gasteiger partial charge in [-0.2, -0.15) is 0 Å². The van der Waals surface area contributed by atoms with Crippen molar-refractivity contribution in [2.24, 2.45) is 0 Å². The van der Waals surface area contributed by atoms with Crippen molar-refractivity contribution >= 4 is 22.5 Å². The molecule has 1 N–H and O–H groups in total. The Kier molecular flexibility index (Phi) is 3.73. The van der Waals surface area contributed by atoms with Crippen LogP contribution < -0.4 is 5.56 Å². The molecule has 1 fully saturated rings. The Morgan fingerprint density at radius 3 is 2.81 bits per heavy atom. The van der Waals surface area contributed by atoms with Crippen LogP contribution in [0.3, 0.4) is 0 Å². The third kappa shape index (κ3) is 2.81. The molecule has 5 nitrogen and oxygen atoms in total. The highest BCUT2D eigenvalue weighted by Crippen LogP contribution is 2.23. The summed E-state index contributed by atoms with van der Waals surface area (Å²) >= 11 is 6.11. The Labute approximate surface area is 127 Å². The number of benzene rings is 1. The molecule has 1 aliphatic heterocycles. The van der Waals surface area contributed by atoms with Crippen LogP contribution in [-0.4, -0.2) is 45.3 Å². The SMILES string of the molecule is CN1CCC(O)(Cn2cnc3cccc(Cl)c3c2=O)CC1. The number of fused-ring (bicyclic) bond motifs is 1. The standard InChI is InChI=1S/C15H18ClN3O2/c1-18-7-5-15(21,6-8-18)9-19-10-17-12-4-2-3-11(16)13(12)14(19)20/h2-4,10,21H,5-9H2,1H3. The normalized spacial score (nSPS) is 19.0. The van der Waals surface area contributed by atoms with Crippen LogP contribution in [0.4, 0.5) is 0 Å². The fourth-order valence-corrected chi connectivity index (χ4v) is 3.03. The molecule has 2 aromatic rings. The van der Waals surface area contributed by atoms with Crippen LogP contribution in [0.5, 0.6) is 0 Å². The number of aromatic nitrogens is 2. The first-order chi connectivity index (χ1) is 9.98. The molecule has 1 aromatic carbocycles. The second kappa shape index (κ2) is 5.40. The molecule has 0 radical (unpaired) electrons. The summed E-state index contributed by atoms with van der Waals surface area (Å²) in [5.41, 5.74) is -0.468. The van der Waals surface area contributed by atoms with Crippen molar-refractivity contribution in [3.8, 4) is 0 Å². The lowest BCUT2D eigenvalue weighted by Gasteiger charge is -2.36. The van der Waals surface area contributed by atoms with E-state index >= 15 is 0 Å². The van der Waals surface area contributed by atoms with Gasteiger partial charge in [0.15, 0.2) is 0 Å². The minimum absolute atomic E-state index is 0.196. The molecule has 0 amide bonds. The zero-order valence-corrected chi connectivity index (χ0v) is 12.7. The number of hydrogen-bond donors (Lipinski definition) is 1. The van der Waals surface area contributed by atoms with E-state index in [1.807, 2.05) is 7.05 Å². The molecule has 0 saturated carbocycles. The number of hydrogen-bond acceptors (Lipinski definition) is 4. The molecule has 2 heterocycles. The highest BCUT2D eigenvalue weighted by Gasteiger charge is 2.32. The van der Waals surface area contributed by atoms with E-state index in [0.29, 0.717) is 28.8 Å². The van der Waals surface area contributed by atoms with Crippen molar-refractivity contribution in [2.75, 3.05) is 20.1 Å². The first-order valence-corrected chi connectivity index (χ1v) is 7.41. The monoisotopic (exact) mass is 307 g/mol. The van der Waals surface area contributed by atoms with E-state index in [9.17, 15) is 9.90 Å². The van der Waals surface area contributed by atoms with Gasteiger partial charge in [-0.05, 0) is 32.0 Å². The molecule has 0 bridgehead atoms. The van der Waals surface area contributed by atoms with Gasteiger partial charge in [0.2, 0.25) is 0 Å². The summed E-state index contributed by atoms with van der Waals surface area (Å²) in [5.74, 6) is 0. The summed E-state index contributed by atoms with van der Waals surface area (Å²) < 4.78 is 1.47. The van der Waals surface area contributed by atoms with Gasteiger partial charge in [0.1, 0.15) is 0 Å². The van der Waals surface area contributed by atoms with E-state index < -0.39 is 5.60 Å². The molecule has 0 atom stereocenters. The minimum atomic E-state index is -0.854. The number of aliphatic hydroxyl groups is 1. The molecule has 1 aromatic heterocycles. The van der Waals surface area contributed by atoms with E-state index in [1.54, 1.807) is 18.2 Å². The van der Waals surface area contributed by atoms with E-state index in [0.717, 1.165) is 13.1 Å². The first-order valence-electron chi connectivity index (χ1n) is 7.03. The maximum atomic E-state index is 12.5. The zero-order chi connectivity index (χ0) is 15.0. The van der Waals surface area contributed by atoms with Gasteiger partial charge in [-0.3, -0.25) is 9.36 Å². The molecule has 3 rings (SSSR count). The van der Waals surface area contributed by atoms with Crippen molar-refractivity contribution in [2.45, 2.75) is 25.0 Å². The van der Waals surface area contributed by atoms with Gasteiger partial charge in [0, 0.05) is 13.1 Å². The number of halogens is 1. The van der Waals surface area contributed by atoms with Crippen molar-refractivity contribution in [1.82, 2.24) is 14.5 Å². The average Bonchev–Trinajstić information content (AvgIpc) is 2.46. The number of rotatable bonds is 2. The Morgan fingerprint density at radius 1 is 1.38 bits per heavy atom. The van der Waals surface area contributed by atoms with Crippen LogP contribution in [0.1, 0.15) is 12.8 Å². The van der Waals surface area contributed by atoms with E-state index in [1.165, 1.54) is 10.9 Å². The Morgan fingerprint density at radius 2 is 2.10 bits per heavy atom. The summed E-state index contributed by atoms with van der Waals surface area (Å²) in [6.07, 6.45) is 2.80. The molecule has 112 valence electrons. The lowest BCUT2D eigenvalue weighted by molar-refractivity contribution is -0.0298. The van der Waals surface area contributed by atoms with Gasteiger partial charge in [-0.1, -0.05) is 17.7 Å². The highest BCUT2D eigenvalue weighted by molar-refractivity contribution is 6.35. The molecular weight excluding hydrogens is 290 g/mol. The second-order valence-corrected chi connectivity index (χ2v) is 6.25. The van der Waals surface area contributed by atoms with Crippen LogP contribution in [-0.2, 0) is 6.54 Å². The van der Waals surface area contributed by atoms with Crippen molar-refractivity contribution in [1.29, 1.82) is 0 Å². The Balaban J connectivity index is 1.96. The Bertz CT molecular complexity index is 720. The van der Waals surface area contributed by atoms with Crippen LogP contribution in [0, 0.1) is 0 Å². The van der Waals surface area contributed by atoms with Crippen molar-refractivity contribution < 1.29 is 5.11 Å². The summed E-state index contributed by atoms with van der Waals surface area (Å²) in [5, 5.41) is 11.5. The molecule has 0 spiro atoms. The van der Waals surface area contributed by atoms with E-state index in [2.05, 4.69) is 9.88 Å². The summed E-state index contributed by atoms with van der Waals surface area (Å²) in [4.78, 5) is 19.0. The number of piperidine rings is 1. The number of likely N-dealkylation sites (tertiary alicyclic amines) is 1. The molecule has 1 saturated heterocycles. The minimum Gasteiger partial charge on any atom is -0.388 e. The molecule has 0 unspecified atom stereocenters. The topological polar surface area (TPSA) is 58.4 Å². The summed E-state index contributed by atoms with van der Waals surface area (Å²) in [6.45, 7) is 1.91. The van der Waals surface area contributed by atoms with E-state index in [4.69, 9.17) is 11.6 Å². The van der Waals surface area contributed by atoms with Gasteiger partial charge < -0.3 is 10.0 Å². The van der Waals surface area contributed by atoms with Crippen molar-refractivity contribution in [3.05, 3.63) is 39.9 Å². The molecule has 1 aliphatic rings. The Hall–Kier alpha value is -1.43. The molecule has 0 aliphatic carbocycles. The fourth-order valence-electron chi connectivity index (χ4n) is 2.78. The average molecular weight is 308 g/mol. The highest BCUT2D eigenvalue weighted by atomic mass is 35.5. The van der Waals surface area contributed by atoms with Crippen LogP contribution in [0.25, 0.3) is 10.9 Å². The third-order valence-corrected chi connectivity index (χ3v) is 4.50. The van der Waals surface area contributed by atoms with Gasteiger partial charge >= 0.3 is 0 Å². The lowest BCUT2D eigenvalue weighted by Crippen LogP contribution is -2.47. The summed E-state index contributed by atoms with van der Waals surface area (Å²) in [7, 11) is 2.03. The smallest absolute Gasteiger partial charge is 0.262 e. The van der Waals surface area contributed by atoms with Gasteiger partial charge in [-0.15, -0.1) is 0 Å². The van der Waals surface area contributed by atoms with Gasteiger partial charge in [0.25, 0.3) is 5.56 Å². The van der Waals surface area contributed by atoms with Gasteiger partial charge in [-0.25, -0.2) is 4.98 Å². The molecule has 6 heteroatoms. The van der Waals surface area contributed by atoms with Crippen molar-refractivity contribution in [3.63, 3.8) is 0 Å². The zero-order valence-electron chi connectivity index (χ0n) is 11.9. The van der Waals surface area contributed by atoms with E-state index in [-0.39, 0.29) is 12.1 Å².